The summed E-state index contributed by atoms with van der Waals surface area (Å²) in [7, 11) is 1.83. The van der Waals surface area contributed by atoms with Gasteiger partial charge in [-0.1, -0.05) is 23.2 Å². The molecule has 0 fully saturated rings. The van der Waals surface area contributed by atoms with Crippen LogP contribution in [0, 0.1) is 0 Å². The summed E-state index contributed by atoms with van der Waals surface area (Å²) in [4.78, 5) is 16.0. The Morgan fingerprint density at radius 2 is 2.09 bits per heavy atom. The minimum atomic E-state index is -0.509. The summed E-state index contributed by atoms with van der Waals surface area (Å²) < 4.78 is 8.53. The second-order valence-corrected chi connectivity index (χ2v) is 5.63. The molecule has 6 nitrogen and oxygen atoms in total. The predicted octanol–water partition coefficient (Wildman–Crippen LogP) is 3.27. The number of carbonyl (C=O) groups excluding carboxylic acids is 1. The molecule has 0 aliphatic carbocycles. The molecule has 0 spiro atoms. The molecule has 2 heterocycles. The number of hydrogen-bond acceptors (Lipinski definition) is 4. The Balaban J connectivity index is 1.72. The molecule has 3 rings (SSSR count). The third-order valence-corrected chi connectivity index (χ3v) is 3.97. The summed E-state index contributed by atoms with van der Waals surface area (Å²) in [6.07, 6.45) is 4.93. The molecule has 3 aromatic rings. The summed E-state index contributed by atoms with van der Waals surface area (Å²) in [5.41, 5.74) is 1.70. The molecule has 23 heavy (non-hydrogen) atoms. The lowest BCUT2D eigenvalue weighted by molar-refractivity contribution is 0.0457. The van der Waals surface area contributed by atoms with E-state index in [4.69, 9.17) is 27.9 Å². The van der Waals surface area contributed by atoms with E-state index in [1.165, 1.54) is 4.68 Å². The second kappa shape index (κ2) is 6.44. The van der Waals surface area contributed by atoms with Gasteiger partial charge in [-0.15, -0.1) is 0 Å². The first-order valence-corrected chi connectivity index (χ1v) is 7.43. The van der Waals surface area contributed by atoms with E-state index < -0.39 is 5.97 Å². The molecular formula is C15H12Cl2N4O2. The quantitative estimate of drug-likeness (QED) is 0.677. The molecule has 0 radical (unpaired) electrons. The van der Waals surface area contributed by atoms with Crippen LogP contribution in [-0.2, 0) is 18.4 Å². The normalized spacial score (nSPS) is 10.7. The molecule has 0 aliphatic heterocycles. The van der Waals surface area contributed by atoms with Crippen LogP contribution in [0.4, 0.5) is 0 Å². The molecule has 8 heteroatoms. The number of carbonyl (C=O) groups is 1. The van der Waals surface area contributed by atoms with Gasteiger partial charge in [-0.05, 0) is 24.3 Å². The summed E-state index contributed by atoms with van der Waals surface area (Å²) in [6, 6.07) is 6.67. The first-order valence-electron chi connectivity index (χ1n) is 6.68. The zero-order valence-corrected chi connectivity index (χ0v) is 13.6. The van der Waals surface area contributed by atoms with Gasteiger partial charge in [0.1, 0.15) is 6.61 Å². The van der Waals surface area contributed by atoms with E-state index in [1.54, 1.807) is 47.6 Å². The Labute approximate surface area is 142 Å². The smallest absolute Gasteiger partial charge is 0.359 e. The van der Waals surface area contributed by atoms with E-state index in [9.17, 15) is 4.79 Å². The van der Waals surface area contributed by atoms with Crippen molar-refractivity contribution < 1.29 is 9.53 Å². The highest BCUT2D eigenvalue weighted by Gasteiger charge is 2.13. The van der Waals surface area contributed by atoms with Crippen LogP contribution < -0.4 is 0 Å². The average molecular weight is 351 g/mol. The van der Waals surface area contributed by atoms with E-state index in [0.717, 1.165) is 5.69 Å². The maximum Gasteiger partial charge on any atom is 0.359 e. The van der Waals surface area contributed by atoms with Crippen molar-refractivity contribution in [2.24, 2.45) is 7.05 Å². The van der Waals surface area contributed by atoms with Crippen molar-refractivity contribution in [3.8, 4) is 5.69 Å². The lowest BCUT2D eigenvalue weighted by Gasteiger charge is -2.04. The Hall–Kier alpha value is -2.31. The minimum absolute atomic E-state index is 0.134. The van der Waals surface area contributed by atoms with Crippen molar-refractivity contribution in [2.75, 3.05) is 0 Å². The van der Waals surface area contributed by atoms with Gasteiger partial charge in [-0.3, -0.25) is 0 Å². The molecular weight excluding hydrogens is 339 g/mol. The molecule has 118 valence electrons. The number of nitrogens with zero attached hydrogens (tertiary/aromatic N) is 4. The summed E-state index contributed by atoms with van der Waals surface area (Å²) >= 11 is 11.9. The third-order valence-electron chi connectivity index (χ3n) is 3.23. The number of aryl methyl sites for hydroxylation is 1. The summed E-state index contributed by atoms with van der Waals surface area (Å²) in [6.45, 7) is 0.134. The van der Waals surface area contributed by atoms with E-state index in [0.29, 0.717) is 15.7 Å². The van der Waals surface area contributed by atoms with Crippen molar-refractivity contribution in [2.45, 2.75) is 6.61 Å². The maximum absolute atomic E-state index is 12.0. The Morgan fingerprint density at radius 3 is 2.78 bits per heavy atom. The minimum Gasteiger partial charge on any atom is -0.454 e. The molecule has 0 saturated carbocycles. The molecule has 0 aliphatic rings. The predicted molar refractivity (Wildman–Crippen MR) is 85.9 cm³/mol. The van der Waals surface area contributed by atoms with Crippen LogP contribution in [0.5, 0.6) is 0 Å². The Kier molecular flexibility index (Phi) is 4.36. The monoisotopic (exact) mass is 350 g/mol. The number of hydrogen-bond donors (Lipinski definition) is 0. The molecule has 0 N–H and O–H groups in total. The molecule has 0 bridgehead atoms. The number of aromatic nitrogens is 4. The van der Waals surface area contributed by atoms with E-state index in [2.05, 4.69) is 10.1 Å². The van der Waals surface area contributed by atoms with Gasteiger partial charge in [0.2, 0.25) is 0 Å². The van der Waals surface area contributed by atoms with Crippen molar-refractivity contribution in [3.05, 3.63) is 64.4 Å². The zero-order valence-electron chi connectivity index (χ0n) is 12.1. The molecule has 0 saturated heterocycles. The van der Waals surface area contributed by atoms with Crippen LogP contribution >= 0.6 is 23.2 Å². The van der Waals surface area contributed by atoms with Crippen LogP contribution in [0.2, 0.25) is 10.0 Å². The lowest BCUT2D eigenvalue weighted by atomic mass is 10.3. The maximum atomic E-state index is 12.0. The summed E-state index contributed by atoms with van der Waals surface area (Å²) in [5.74, 6) is -0.509. The van der Waals surface area contributed by atoms with Crippen LogP contribution in [0.25, 0.3) is 5.69 Å². The van der Waals surface area contributed by atoms with Crippen LogP contribution in [0.15, 0.2) is 43.0 Å². The zero-order chi connectivity index (χ0) is 16.4. The van der Waals surface area contributed by atoms with E-state index in [1.807, 2.05) is 7.05 Å². The number of esters is 1. The van der Waals surface area contributed by atoms with Crippen molar-refractivity contribution in [1.82, 2.24) is 19.3 Å². The highest BCUT2D eigenvalue weighted by molar-refractivity contribution is 6.42. The van der Waals surface area contributed by atoms with Gasteiger partial charge < -0.3 is 9.30 Å². The lowest BCUT2D eigenvalue weighted by Crippen LogP contribution is -2.08. The standard InChI is InChI=1S/C15H12Cl2N4O2/c1-20-9-18-7-11(20)8-23-15(22)14-4-5-21(19-14)10-2-3-12(16)13(17)6-10/h2-7,9H,8H2,1H3. The van der Waals surface area contributed by atoms with Crippen molar-refractivity contribution in [1.29, 1.82) is 0 Å². The van der Waals surface area contributed by atoms with E-state index >= 15 is 0 Å². The van der Waals surface area contributed by atoms with Gasteiger partial charge in [0.05, 0.1) is 34.0 Å². The Morgan fingerprint density at radius 1 is 1.26 bits per heavy atom. The van der Waals surface area contributed by atoms with Gasteiger partial charge in [0.15, 0.2) is 5.69 Å². The highest BCUT2D eigenvalue weighted by Crippen LogP contribution is 2.24. The van der Waals surface area contributed by atoms with Crippen LogP contribution in [0.1, 0.15) is 16.2 Å². The van der Waals surface area contributed by atoms with Crippen LogP contribution in [-0.4, -0.2) is 25.3 Å². The summed E-state index contributed by atoms with van der Waals surface area (Å²) in [5, 5.41) is 5.07. The number of benzene rings is 1. The van der Waals surface area contributed by atoms with Crippen molar-refractivity contribution >= 4 is 29.2 Å². The first-order chi connectivity index (χ1) is 11.0. The van der Waals surface area contributed by atoms with Crippen molar-refractivity contribution in [3.63, 3.8) is 0 Å². The molecule has 0 unspecified atom stereocenters. The second-order valence-electron chi connectivity index (χ2n) is 4.82. The number of rotatable bonds is 4. The fourth-order valence-corrected chi connectivity index (χ4v) is 2.23. The number of ether oxygens (including phenoxy) is 1. The largest absolute Gasteiger partial charge is 0.454 e. The van der Waals surface area contributed by atoms with Gasteiger partial charge in [-0.2, -0.15) is 5.10 Å². The van der Waals surface area contributed by atoms with Crippen LogP contribution in [0.3, 0.4) is 0 Å². The fourth-order valence-electron chi connectivity index (χ4n) is 1.94. The Bertz CT molecular complexity index is 857. The van der Waals surface area contributed by atoms with E-state index in [-0.39, 0.29) is 12.3 Å². The topological polar surface area (TPSA) is 61.9 Å². The first kappa shape index (κ1) is 15.6. The SMILES string of the molecule is Cn1cncc1COC(=O)c1ccn(-c2ccc(Cl)c(Cl)c2)n1. The number of imidazole rings is 1. The molecule has 0 atom stereocenters. The molecule has 2 aromatic heterocycles. The average Bonchev–Trinajstić information content (AvgIpc) is 3.17. The van der Waals surface area contributed by atoms with Gasteiger partial charge in [0.25, 0.3) is 0 Å². The van der Waals surface area contributed by atoms with Gasteiger partial charge in [0, 0.05) is 13.2 Å². The number of halogens is 2. The fraction of sp³-hybridized carbons (Fsp3) is 0.133. The molecule has 0 amide bonds. The molecule has 1 aromatic carbocycles. The third kappa shape index (κ3) is 3.38. The van der Waals surface area contributed by atoms with Gasteiger partial charge in [-0.25, -0.2) is 14.5 Å². The highest BCUT2D eigenvalue weighted by atomic mass is 35.5. The van der Waals surface area contributed by atoms with Gasteiger partial charge >= 0.3 is 5.97 Å².